The largest absolute Gasteiger partial charge is 0.241 e. The Bertz CT molecular complexity index is 484. The van der Waals surface area contributed by atoms with Gasteiger partial charge >= 0.3 is 0 Å². The third-order valence-corrected chi connectivity index (χ3v) is 6.36. The van der Waals surface area contributed by atoms with Crippen LogP contribution in [0.25, 0.3) is 0 Å². The molecule has 6 heteroatoms. The van der Waals surface area contributed by atoms with E-state index in [9.17, 15) is 8.42 Å². The highest BCUT2D eigenvalue weighted by molar-refractivity contribution is 9.10. The second kappa shape index (κ2) is 5.73. The summed E-state index contributed by atoms with van der Waals surface area (Å²) in [5, 5.41) is 0. The third kappa shape index (κ3) is 3.47. The molecule has 0 saturated carbocycles. The monoisotopic (exact) mass is 335 g/mol. The lowest BCUT2D eigenvalue weighted by molar-refractivity contribution is 0.543. The summed E-state index contributed by atoms with van der Waals surface area (Å²) in [5.74, 6) is 2.00. The molecule has 0 radical (unpaired) electrons. The van der Waals surface area contributed by atoms with Crippen LogP contribution in [0.15, 0.2) is 33.6 Å². The van der Waals surface area contributed by atoms with Crippen molar-refractivity contribution in [3.8, 4) is 0 Å². The number of thioether (sulfide) groups is 1. The highest BCUT2D eigenvalue weighted by atomic mass is 79.9. The number of hydrogen-bond donors (Lipinski definition) is 1. The molecular formula is C11H14BrNO2S2. The fraction of sp³-hybridized carbons (Fsp3) is 0.455. The number of hydrogen-bond acceptors (Lipinski definition) is 3. The Hall–Kier alpha value is -0.0400. The van der Waals surface area contributed by atoms with E-state index >= 15 is 0 Å². The smallest absolute Gasteiger partial charge is 0.207 e. The van der Waals surface area contributed by atoms with Gasteiger partial charge in [-0.2, -0.15) is 11.8 Å². The minimum absolute atomic E-state index is 0.0610. The first-order chi connectivity index (χ1) is 8.09. The molecule has 0 bridgehead atoms. The molecule has 0 amide bonds. The Morgan fingerprint density at radius 1 is 1.35 bits per heavy atom. The van der Waals surface area contributed by atoms with Gasteiger partial charge in [-0.3, -0.25) is 0 Å². The van der Waals surface area contributed by atoms with E-state index in [2.05, 4.69) is 20.7 Å². The first-order valence-electron chi connectivity index (χ1n) is 5.44. The third-order valence-electron chi connectivity index (χ3n) is 2.61. The Morgan fingerprint density at radius 3 is 2.76 bits per heavy atom. The summed E-state index contributed by atoms with van der Waals surface area (Å²) in [6.45, 7) is 0. The van der Waals surface area contributed by atoms with Gasteiger partial charge in [0.05, 0.1) is 4.90 Å². The van der Waals surface area contributed by atoms with Crippen molar-refractivity contribution in [3.05, 3.63) is 28.7 Å². The number of rotatable bonds is 3. The highest BCUT2D eigenvalue weighted by Gasteiger charge is 2.23. The molecule has 2 rings (SSSR count). The molecule has 1 aromatic rings. The van der Waals surface area contributed by atoms with Crippen molar-refractivity contribution in [2.75, 3.05) is 11.5 Å². The molecule has 1 aliphatic heterocycles. The molecular weight excluding hydrogens is 322 g/mol. The van der Waals surface area contributed by atoms with E-state index in [0.717, 1.165) is 24.3 Å². The average molecular weight is 336 g/mol. The van der Waals surface area contributed by atoms with Gasteiger partial charge in [-0.15, -0.1) is 0 Å². The molecule has 0 spiro atoms. The Balaban J connectivity index is 2.16. The molecule has 1 heterocycles. The van der Waals surface area contributed by atoms with Crippen LogP contribution in [-0.2, 0) is 10.0 Å². The lowest BCUT2D eigenvalue weighted by atomic mass is 10.2. The van der Waals surface area contributed by atoms with Crippen molar-refractivity contribution in [1.29, 1.82) is 0 Å². The topological polar surface area (TPSA) is 46.2 Å². The van der Waals surface area contributed by atoms with Crippen molar-refractivity contribution in [1.82, 2.24) is 4.72 Å². The van der Waals surface area contributed by atoms with Gasteiger partial charge in [0.25, 0.3) is 0 Å². The summed E-state index contributed by atoms with van der Waals surface area (Å²) in [6, 6.07) is 6.95. The van der Waals surface area contributed by atoms with Gasteiger partial charge in [-0.25, -0.2) is 13.1 Å². The van der Waals surface area contributed by atoms with Gasteiger partial charge in [-0.05, 0) is 46.7 Å². The van der Waals surface area contributed by atoms with E-state index in [1.54, 1.807) is 36.0 Å². The highest BCUT2D eigenvalue weighted by Crippen LogP contribution is 2.23. The number of nitrogens with one attached hydrogen (secondary N) is 1. The van der Waals surface area contributed by atoms with E-state index in [-0.39, 0.29) is 6.04 Å². The number of benzene rings is 1. The summed E-state index contributed by atoms with van der Waals surface area (Å²) in [4.78, 5) is 0.315. The van der Waals surface area contributed by atoms with Crippen molar-refractivity contribution in [3.63, 3.8) is 0 Å². The molecule has 0 aromatic heterocycles. The van der Waals surface area contributed by atoms with Gasteiger partial charge in [0, 0.05) is 16.3 Å². The first-order valence-corrected chi connectivity index (χ1v) is 8.87. The standard InChI is InChI=1S/C11H14BrNO2S2/c12-10-5-1-2-6-11(10)17(14,15)13-9-4-3-7-16-8-9/h1-2,5-6,9,13H,3-4,7-8H2. The fourth-order valence-corrected chi connectivity index (χ4v) is 5.23. The Labute approximate surface area is 115 Å². The van der Waals surface area contributed by atoms with E-state index < -0.39 is 10.0 Å². The minimum atomic E-state index is -3.40. The van der Waals surface area contributed by atoms with E-state index in [4.69, 9.17) is 0 Å². The van der Waals surface area contributed by atoms with Crippen LogP contribution in [0, 0.1) is 0 Å². The molecule has 1 aliphatic rings. The summed E-state index contributed by atoms with van der Waals surface area (Å²) in [5.41, 5.74) is 0. The van der Waals surface area contributed by atoms with Crippen LogP contribution in [0.3, 0.4) is 0 Å². The molecule has 0 aliphatic carbocycles. The predicted octanol–water partition coefficient (Wildman–Crippen LogP) is 2.62. The van der Waals surface area contributed by atoms with Crippen LogP contribution in [0.2, 0.25) is 0 Å². The Morgan fingerprint density at radius 2 is 2.12 bits per heavy atom. The second-order valence-corrected chi connectivity index (χ2v) is 7.65. The fourth-order valence-electron chi connectivity index (χ4n) is 1.78. The van der Waals surface area contributed by atoms with Gasteiger partial charge < -0.3 is 0 Å². The second-order valence-electron chi connectivity index (χ2n) is 3.97. The zero-order valence-corrected chi connectivity index (χ0v) is 12.4. The SMILES string of the molecule is O=S(=O)(NC1CCCSC1)c1ccccc1Br. The molecule has 1 aromatic carbocycles. The molecule has 1 unspecified atom stereocenters. The van der Waals surface area contributed by atoms with Crippen molar-refractivity contribution in [2.24, 2.45) is 0 Å². The lowest BCUT2D eigenvalue weighted by Crippen LogP contribution is -2.38. The van der Waals surface area contributed by atoms with Crippen LogP contribution >= 0.6 is 27.7 Å². The predicted molar refractivity (Wildman–Crippen MR) is 74.8 cm³/mol. The first kappa shape index (κ1) is 13.4. The molecule has 3 nitrogen and oxygen atoms in total. The zero-order valence-electron chi connectivity index (χ0n) is 9.23. The molecule has 1 atom stereocenters. The maximum absolute atomic E-state index is 12.2. The summed E-state index contributed by atoms with van der Waals surface area (Å²) in [6.07, 6.45) is 2.00. The van der Waals surface area contributed by atoms with Gasteiger partial charge in [0.1, 0.15) is 0 Å². The molecule has 1 N–H and O–H groups in total. The Kier molecular flexibility index (Phi) is 4.52. The van der Waals surface area contributed by atoms with Crippen molar-refractivity contribution >= 4 is 37.7 Å². The molecule has 17 heavy (non-hydrogen) atoms. The van der Waals surface area contributed by atoms with Crippen LogP contribution in [0.1, 0.15) is 12.8 Å². The molecule has 1 fully saturated rings. The molecule has 94 valence electrons. The quantitative estimate of drug-likeness (QED) is 0.923. The van der Waals surface area contributed by atoms with Gasteiger partial charge in [0.15, 0.2) is 0 Å². The van der Waals surface area contributed by atoms with E-state index in [0.29, 0.717) is 9.37 Å². The number of sulfonamides is 1. The number of halogens is 1. The normalized spacial score (nSPS) is 21.4. The van der Waals surface area contributed by atoms with Gasteiger partial charge in [0.2, 0.25) is 10.0 Å². The maximum atomic E-state index is 12.2. The van der Waals surface area contributed by atoms with Crippen molar-refractivity contribution in [2.45, 2.75) is 23.8 Å². The zero-order chi connectivity index (χ0) is 12.3. The minimum Gasteiger partial charge on any atom is -0.207 e. The van der Waals surface area contributed by atoms with E-state index in [1.165, 1.54) is 0 Å². The summed E-state index contributed by atoms with van der Waals surface area (Å²) in [7, 11) is -3.40. The van der Waals surface area contributed by atoms with Crippen LogP contribution in [-0.4, -0.2) is 26.0 Å². The summed E-state index contributed by atoms with van der Waals surface area (Å²) < 4.78 is 27.7. The lowest BCUT2D eigenvalue weighted by Gasteiger charge is -2.22. The molecule has 1 saturated heterocycles. The van der Waals surface area contributed by atoms with Crippen LogP contribution in [0.5, 0.6) is 0 Å². The van der Waals surface area contributed by atoms with Gasteiger partial charge in [-0.1, -0.05) is 12.1 Å². The maximum Gasteiger partial charge on any atom is 0.241 e. The van der Waals surface area contributed by atoms with Crippen LogP contribution < -0.4 is 4.72 Å². The van der Waals surface area contributed by atoms with Crippen LogP contribution in [0.4, 0.5) is 0 Å². The summed E-state index contributed by atoms with van der Waals surface area (Å²) >= 11 is 5.08. The van der Waals surface area contributed by atoms with E-state index in [1.807, 2.05) is 0 Å². The van der Waals surface area contributed by atoms with Crippen molar-refractivity contribution < 1.29 is 8.42 Å². The average Bonchev–Trinajstić information content (AvgIpc) is 2.30.